The number of hydrogen-bond donors (Lipinski definition) is 1. The number of rotatable bonds is 3. The van der Waals surface area contributed by atoms with Crippen LogP contribution in [0.4, 0.5) is 11.5 Å². The Morgan fingerprint density at radius 2 is 1.95 bits per heavy atom. The Bertz CT molecular complexity index is 603. The molecular formula is C17H22N4. The summed E-state index contributed by atoms with van der Waals surface area (Å²) in [6, 6.07) is 9.24. The number of hydrogen-bond acceptors (Lipinski definition) is 4. The van der Waals surface area contributed by atoms with Gasteiger partial charge >= 0.3 is 0 Å². The first-order chi connectivity index (χ1) is 10.2. The largest absolute Gasteiger partial charge is 0.371 e. The van der Waals surface area contributed by atoms with Crippen molar-refractivity contribution in [2.75, 3.05) is 23.3 Å². The molecule has 1 aromatic carbocycles. The molecule has 0 spiro atoms. The third kappa shape index (κ3) is 3.51. The van der Waals surface area contributed by atoms with Crippen molar-refractivity contribution in [3.63, 3.8) is 0 Å². The summed E-state index contributed by atoms with van der Waals surface area (Å²) in [4.78, 5) is 11.1. The van der Waals surface area contributed by atoms with Crippen LogP contribution in [0.2, 0.25) is 0 Å². The van der Waals surface area contributed by atoms with Gasteiger partial charge in [0.1, 0.15) is 5.82 Å². The fourth-order valence-corrected chi connectivity index (χ4v) is 2.85. The lowest BCUT2D eigenvalue weighted by atomic mass is 10.0. The van der Waals surface area contributed by atoms with Gasteiger partial charge < -0.3 is 10.2 Å². The Morgan fingerprint density at radius 3 is 2.67 bits per heavy atom. The third-order valence-corrected chi connectivity index (χ3v) is 3.97. The normalized spacial score (nSPS) is 16.0. The predicted octanol–water partition coefficient (Wildman–Crippen LogP) is 3.17. The zero-order valence-electron chi connectivity index (χ0n) is 12.7. The standard InChI is InChI=1S/C17H22N4/c1-13-4-3-5-16(10-13)21-8-6-15(7-9-21)20-17-12-18-11-14(2)19-17/h3-5,10-12,15H,6-9H2,1-2H3,(H,19,20). The summed E-state index contributed by atoms with van der Waals surface area (Å²) in [7, 11) is 0. The van der Waals surface area contributed by atoms with Crippen LogP contribution in [0, 0.1) is 13.8 Å². The highest BCUT2D eigenvalue weighted by Gasteiger charge is 2.19. The summed E-state index contributed by atoms with van der Waals surface area (Å²) in [5.41, 5.74) is 3.61. The van der Waals surface area contributed by atoms with Gasteiger partial charge in [-0.15, -0.1) is 0 Å². The van der Waals surface area contributed by atoms with E-state index in [1.54, 1.807) is 12.4 Å². The lowest BCUT2D eigenvalue weighted by Crippen LogP contribution is -2.39. The fourth-order valence-electron chi connectivity index (χ4n) is 2.85. The Kier molecular flexibility index (Phi) is 4.04. The topological polar surface area (TPSA) is 41.0 Å². The quantitative estimate of drug-likeness (QED) is 0.939. The van der Waals surface area contributed by atoms with Crippen LogP contribution in [0.25, 0.3) is 0 Å². The minimum atomic E-state index is 0.488. The molecule has 0 aliphatic carbocycles. The molecule has 1 saturated heterocycles. The second kappa shape index (κ2) is 6.12. The maximum Gasteiger partial charge on any atom is 0.145 e. The van der Waals surface area contributed by atoms with Crippen LogP contribution < -0.4 is 10.2 Å². The third-order valence-electron chi connectivity index (χ3n) is 3.97. The van der Waals surface area contributed by atoms with Crippen molar-refractivity contribution in [1.82, 2.24) is 9.97 Å². The number of anilines is 2. The van der Waals surface area contributed by atoms with Crippen molar-refractivity contribution < 1.29 is 0 Å². The van der Waals surface area contributed by atoms with Crippen LogP contribution in [0.1, 0.15) is 24.1 Å². The van der Waals surface area contributed by atoms with Gasteiger partial charge in [-0.2, -0.15) is 0 Å². The molecule has 3 rings (SSSR count). The molecule has 21 heavy (non-hydrogen) atoms. The molecule has 1 aliphatic rings. The number of nitrogens with zero attached hydrogens (tertiary/aromatic N) is 3. The second-order valence-electron chi connectivity index (χ2n) is 5.79. The van der Waals surface area contributed by atoms with Crippen molar-refractivity contribution in [3.8, 4) is 0 Å². The number of nitrogens with one attached hydrogen (secondary N) is 1. The molecule has 0 amide bonds. The van der Waals surface area contributed by atoms with Gasteiger partial charge in [-0.3, -0.25) is 4.98 Å². The molecule has 110 valence electrons. The molecule has 4 nitrogen and oxygen atoms in total. The number of aryl methyl sites for hydroxylation is 2. The highest BCUT2D eigenvalue weighted by Crippen LogP contribution is 2.22. The van der Waals surface area contributed by atoms with Gasteiger partial charge in [0.15, 0.2) is 0 Å². The molecule has 4 heteroatoms. The van der Waals surface area contributed by atoms with Gasteiger partial charge in [-0.05, 0) is 44.4 Å². The van der Waals surface area contributed by atoms with Gasteiger partial charge in [-0.25, -0.2) is 4.98 Å². The highest BCUT2D eigenvalue weighted by molar-refractivity contribution is 5.49. The van der Waals surface area contributed by atoms with E-state index in [0.717, 1.165) is 37.4 Å². The highest BCUT2D eigenvalue weighted by atomic mass is 15.2. The minimum Gasteiger partial charge on any atom is -0.371 e. The van der Waals surface area contributed by atoms with E-state index in [0.29, 0.717) is 6.04 Å². The van der Waals surface area contributed by atoms with Gasteiger partial charge in [0, 0.05) is 31.0 Å². The fraction of sp³-hybridized carbons (Fsp3) is 0.412. The van der Waals surface area contributed by atoms with Gasteiger partial charge in [0.2, 0.25) is 0 Å². The summed E-state index contributed by atoms with van der Waals surface area (Å²) in [6.07, 6.45) is 5.85. The van der Waals surface area contributed by atoms with E-state index in [-0.39, 0.29) is 0 Å². The maximum absolute atomic E-state index is 4.47. The lowest BCUT2D eigenvalue weighted by molar-refractivity contribution is 0.525. The molecule has 2 heterocycles. The summed E-state index contributed by atoms with van der Waals surface area (Å²) in [6.45, 7) is 6.29. The van der Waals surface area contributed by atoms with Crippen LogP contribution in [0.15, 0.2) is 36.7 Å². The molecular weight excluding hydrogens is 260 g/mol. The van der Waals surface area contributed by atoms with Crippen LogP contribution in [0.3, 0.4) is 0 Å². The average molecular weight is 282 g/mol. The molecule has 0 unspecified atom stereocenters. The Hall–Kier alpha value is -2.10. The van der Waals surface area contributed by atoms with Crippen LogP contribution in [-0.4, -0.2) is 29.1 Å². The van der Waals surface area contributed by atoms with E-state index in [1.165, 1.54) is 11.3 Å². The summed E-state index contributed by atoms with van der Waals surface area (Å²) in [5, 5.41) is 3.50. The molecule has 1 aromatic heterocycles. The van der Waals surface area contributed by atoms with Crippen molar-refractivity contribution in [2.45, 2.75) is 32.7 Å². The summed E-state index contributed by atoms with van der Waals surface area (Å²) in [5.74, 6) is 0.893. The summed E-state index contributed by atoms with van der Waals surface area (Å²) >= 11 is 0. The minimum absolute atomic E-state index is 0.488. The zero-order chi connectivity index (χ0) is 14.7. The van der Waals surface area contributed by atoms with E-state index in [4.69, 9.17) is 0 Å². The number of benzene rings is 1. The molecule has 0 atom stereocenters. The SMILES string of the molecule is Cc1cccc(N2CCC(Nc3cncc(C)n3)CC2)c1. The lowest BCUT2D eigenvalue weighted by Gasteiger charge is -2.34. The van der Waals surface area contributed by atoms with E-state index in [1.807, 2.05) is 6.92 Å². The van der Waals surface area contributed by atoms with Crippen molar-refractivity contribution in [2.24, 2.45) is 0 Å². The van der Waals surface area contributed by atoms with Crippen molar-refractivity contribution in [3.05, 3.63) is 47.9 Å². The van der Waals surface area contributed by atoms with E-state index in [9.17, 15) is 0 Å². The van der Waals surface area contributed by atoms with Crippen LogP contribution >= 0.6 is 0 Å². The predicted molar refractivity (Wildman–Crippen MR) is 86.8 cm³/mol. The first-order valence-corrected chi connectivity index (χ1v) is 7.57. The Balaban J connectivity index is 1.58. The molecule has 0 saturated carbocycles. The van der Waals surface area contributed by atoms with E-state index in [2.05, 4.69) is 51.4 Å². The smallest absolute Gasteiger partial charge is 0.145 e. The first-order valence-electron chi connectivity index (χ1n) is 7.57. The Morgan fingerprint density at radius 1 is 1.14 bits per heavy atom. The van der Waals surface area contributed by atoms with Crippen LogP contribution in [0.5, 0.6) is 0 Å². The average Bonchev–Trinajstić information content (AvgIpc) is 2.48. The molecule has 0 bridgehead atoms. The molecule has 2 aromatic rings. The zero-order valence-corrected chi connectivity index (χ0v) is 12.7. The monoisotopic (exact) mass is 282 g/mol. The molecule has 1 N–H and O–H groups in total. The molecule has 0 radical (unpaired) electrons. The maximum atomic E-state index is 4.47. The van der Waals surface area contributed by atoms with Crippen molar-refractivity contribution in [1.29, 1.82) is 0 Å². The summed E-state index contributed by atoms with van der Waals surface area (Å²) < 4.78 is 0. The first kappa shape index (κ1) is 13.9. The Labute approximate surface area is 126 Å². The van der Waals surface area contributed by atoms with Crippen molar-refractivity contribution >= 4 is 11.5 Å². The molecule has 1 aliphatic heterocycles. The van der Waals surface area contributed by atoms with Crippen LogP contribution in [-0.2, 0) is 0 Å². The number of piperidine rings is 1. The second-order valence-corrected chi connectivity index (χ2v) is 5.79. The van der Waals surface area contributed by atoms with E-state index >= 15 is 0 Å². The van der Waals surface area contributed by atoms with Gasteiger partial charge in [0.05, 0.1) is 11.9 Å². The van der Waals surface area contributed by atoms with E-state index < -0.39 is 0 Å². The van der Waals surface area contributed by atoms with Gasteiger partial charge in [0.25, 0.3) is 0 Å². The number of aromatic nitrogens is 2. The molecule has 1 fully saturated rings. The van der Waals surface area contributed by atoms with Gasteiger partial charge in [-0.1, -0.05) is 12.1 Å².